The van der Waals surface area contributed by atoms with E-state index < -0.39 is 17.1 Å². The number of aliphatic imine (C=N–C) groups is 2. The first-order chi connectivity index (χ1) is 19.2. The van der Waals surface area contributed by atoms with Gasteiger partial charge in [0.15, 0.2) is 0 Å². The fraction of sp³-hybridized carbons (Fsp3) is 0.529. The minimum atomic E-state index is -0.797. The molecule has 4 heterocycles. The van der Waals surface area contributed by atoms with E-state index in [0.29, 0.717) is 34.6 Å². The number of aromatic amines is 2. The van der Waals surface area contributed by atoms with Gasteiger partial charge in [0.05, 0.1) is 17.1 Å². The van der Waals surface area contributed by atoms with Crippen molar-refractivity contribution in [2.75, 3.05) is 0 Å². The Hall–Kier alpha value is -3.37. The highest BCUT2D eigenvalue weighted by Crippen LogP contribution is 2.45. The van der Waals surface area contributed by atoms with E-state index in [1.54, 1.807) is 0 Å². The second-order valence-corrected chi connectivity index (χ2v) is 14.7. The maximum absolute atomic E-state index is 13.9. The number of hydrogen-bond donors (Lipinski definition) is 2. The van der Waals surface area contributed by atoms with Crippen LogP contribution in [0.4, 0.5) is 0 Å². The molecule has 1 unspecified atom stereocenters. The molecule has 42 heavy (non-hydrogen) atoms. The van der Waals surface area contributed by atoms with Crippen molar-refractivity contribution in [1.82, 2.24) is 9.97 Å². The number of esters is 1. The van der Waals surface area contributed by atoms with Crippen molar-refractivity contribution in [2.45, 2.75) is 107 Å². The molecular weight excluding hydrogens is 546 g/mol. The molecular formula is C34H44ClN5O2. The topological polar surface area (TPSA) is 106 Å². The first kappa shape index (κ1) is 31.6. The van der Waals surface area contributed by atoms with Gasteiger partial charge in [0.25, 0.3) is 0 Å². The van der Waals surface area contributed by atoms with Gasteiger partial charge in [-0.05, 0) is 96.2 Å². The Bertz CT molecular complexity index is 1730. The number of nitrogens with one attached hydrogen (secondary N) is 2. The first-order valence-electron chi connectivity index (χ1n) is 14.5. The summed E-state index contributed by atoms with van der Waals surface area (Å²) in [5.74, 6) is -0.416. The van der Waals surface area contributed by atoms with E-state index in [0.717, 1.165) is 44.7 Å². The molecule has 2 aromatic rings. The van der Waals surface area contributed by atoms with Gasteiger partial charge in [0.1, 0.15) is 21.9 Å². The van der Waals surface area contributed by atoms with Crippen LogP contribution in [0.1, 0.15) is 96.2 Å². The number of rotatable bonds is 4. The average molecular weight is 590 g/mol. The quantitative estimate of drug-likeness (QED) is 0.400. The lowest BCUT2D eigenvalue weighted by Crippen LogP contribution is -2.34. The number of H-pyrrole nitrogens is 2. The Morgan fingerprint density at radius 3 is 2.14 bits per heavy atom. The number of aromatic nitrogens is 2. The predicted molar refractivity (Wildman–Crippen MR) is 171 cm³/mol. The third-order valence-corrected chi connectivity index (χ3v) is 9.34. The van der Waals surface area contributed by atoms with Crippen LogP contribution in [0.15, 0.2) is 21.8 Å². The molecule has 0 amide bonds. The van der Waals surface area contributed by atoms with Crippen molar-refractivity contribution in [3.8, 4) is 6.07 Å². The van der Waals surface area contributed by atoms with Crippen molar-refractivity contribution in [2.24, 2.45) is 20.8 Å². The predicted octanol–water partition coefficient (Wildman–Crippen LogP) is 6.46. The van der Waals surface area contributed by atoms with Crippen LogP contribution in [-0.4, -0.2) is 38.5 Å². The van der Waals surface area contributed by atoms with Crippen molar-refractivity contribution < 1.29 is 9.53 Å². The number of nitrogens with zero attached hydrogens (tertiary/aromatic N) is 3. The second kappa shape index (κ2) is 10.4. The van der Waals surface area contributed by atoms with Crippen LogP contribution in [0, 0.1) is 49.9 Å². The monoisotopic (exact) mass is 589 g/mol. The van der Waals surface area contributed by atoms with Gasteiger partial charge in [0.2, 0.25) is 0 Å². The van der Waals surface area contributed by atoms with Crippen molar-refractivity contribution in [3.05, 3.63) is 55.6 Å². The molecule has 2 aromatic heterocycles. The summed E-state index contributed by atoms with van der Waals surface area (Å²) in [4.78, 5) is 30.5. The van der Waals surface area contributed by atoms with E-state index in [-0.39, 0.29) is 10.8 Å². The smallest absolute Gasteiger partial charge is 0.342 e. The molecule has 0 bridgehead atoms. The average Bonchev–Trinajstić information content (AvgIpc) is 3.46. The standard InChI is InChI=1S/C34H44ClN5O2/c1-18-20(3)28(38-23(18)14-24-19(2)21(4)29(35)39-24)27(30(41)42-31(5,6)7)25-16-32(8,9)26(37-25)13-22-15-33(10,11)34(12,17-36)40-22/h13-14,38-39H,15-16H2,1-12H3/b23-14-,26-13+,28-27+. The van der Waals surface area contributed by atoms with Gasteiger partial charge in [-0.3, -0.25) is 9.98 Å². The number of carbonyl (C=O) groups is 1. The minimum absolute atomic E-state index is 0.288. The second-order valence-electron chi connectivity index (χ2n) is 14.3. The summed E-state index contributed by atoms with van der Waals surface area (Å²) in [6.07, 6.45) is 5.28. The summed E-state index contributed by atoms with van der Waals surface area (Å²) in [5, 5.41) is 12.0. The van der Waals surface area contributed by atoms with Crippen LogP contribution in [0.5, 0.6) is 0 Å². The van der Waals surface area contributed by atoms with Gasteiger partial charge in [-0.1, -0.05) is 39.3 Å². The molecule has 4 rings (SSSR count). The van der Waals surface area contributed by atoms with Crippen LogP contribution in [-0.2, 0) is 9.53 Å². The zero-order valence-electron chi connectivity index (χ0n) is 27.1. The van der Waals surface area contributed by atoms with Crippen LogP contribution >= 0.6 is 11.6 Å². The summed E-state index contributed by atoms with van der Waals surface area (Å²) in [6.45, 7) is 24.0. The third-order valence-electron chi connectivity index (χ3n) is 8.96. The van der Waals surface area contributed by atoms with E-state index >= 15 is 0 Å². The van der Waals surface area contributed by atoms with Crippen molar-refractivity contribution in [1.29, 1.82) is 5.26 Å². The molecule has 7 nitrogen and oxygen atoms in total. The number of hydrogen-bond acceptors (Lipinski definition) is 5. The molecule has 0 saturated heterocycles. The van der Waals surface area contributed by atoms with Crippen LogP contribution < -0.4 is 10.7 Å². The zero-order chi connectivity index (χ0) is 31.6. The van der Waals surface area contributed by atoms with Gasteiger partial charge in [-0.25, -0.2) is 4.79 Å². The molecule has 0 fully saturated rings. The Kier molecular flexibility index (Phi) is 7.83. The number of allylic oxidation sites excluding steroid dienone is 2. The maximum atomic E-state index is 13.9. The summed E-state index contributed by atoms with van der Waals surface area (Å²) < 4.78 is 5.94. The summed E-state index contributed by atoms with van der Waals surface area (Å²) in [6, 6.07) is 2.40. The number of halogens is 1. The molecule has 0 saturated carbocycles. The molecule has 1 atom stereocenters. The molecule has 2 aliphatic rings. The van der Waals surface area contributed by atoms with Gasteiger partial charge in [-0.15, -0.1) is 0 Å². The van der Waals surface area contributed by atoms with E-state index in [4.69, 9.17) is 26.3 Å². The summed E-state index contributed by atoms with van der Waals surface area (Å²) in [7, 11) is 0. The Balaban J connectivity index is 1.94. The summed E-state index contributed by atoms with van der Waals surface area (Å²) in [5.41, 5.74) is 5.69. The van der Waals surface area contributed by atoms with Crippen molar-refractivity contribution >= 4 is 40.6 Å². The highest BCUT2D eigenvalue weighted by molar-refractivity contribution is 6.41. The van der Waals surface area contributed by atoms with E-state index in [1.165, 1.54) is 0 Å². The van der Waals surface area contributed by atoms with Gasteiger partial charge in [-0.2, -0.15) is 5.26 Å². The van der Waals surface area contributed by atoms with Crippen LogP contribution in [0.2, 0.25) is 5.15 Å². The lowest BCUT2D eigenvalue weighted by molar-refractivity contribution is -0.147. The number of carbonyl (C=O) groups excluding carboxylic acids is 1. The minimum Gasteiger partial charge on any atom is -0.456 e. The fourth-order valence-corrected chi connectivity index (χ4v) is 5.74. The normalized spacial score (nSPS) is 23.6. The summed E-state index contributed by atoms with van der Waals surface area (Å²) >= 11 is 6.36. The largest absolute Gasteiger partial charge is 0.456 e. The molecule has 2 aliphatic heterocycles. The maximum Gasteiger partial charge on any atom is 0.342 e. The van der Waals surface area contributed by atoms with Crippen LogP contribution in [0.3, 0.4) is 0 Å². The molecule has 0 aliphatic carbocycles. The molecule has 0 radical (unpaired) electrons. The molecule has 2 N–H and O–H groups in total. The Labute approximate surface area is 254 Å². The number of ether oxygens (including phenoxy) is 1. The fourth-order valence-electron chi connectivity index (χ4n) is 5.50. The molecule has 0 aromatic carbocycles. The van der Waals surface area contributed by atoms with Gasteiger partial charge < -0.3 is 14.7 Å². The van der Waals surface area contributed by atoms with Gasteiger partial charge in [0, 0.05) is 39.7 Å². The lowest BCUT2D eigenvalue weighted by Gasteiger charge is -2.29. The highest BCUT2D eigenvalue weighted by atomic mass is 35.5. The first-order valence-corrected chi connectivity index (χ1v) is 14.9. The van der Waals surface area contributed by atoms with E-state index in [2.05, 4.69) is 43.7 Å². The van der Waals surface area contributed by atoms with Crippen molar-refractivity contribution in [3.63, 3.8) is 0 Å². The Morgan fingerprint density at radius 1 is 0.976 bits per heavy atom. The molecule has 0 spiro atoms. The molecule has 224 valence electrons. The van der Waals surface area contributed by atoms with Crippen LogP contribution in [0.25, 0.3) is 11.6 Å². The molecule has 8 heteroatoms. The highest BCUT2D eigenvalue weighted by Gasteiger charge is 2.47. The van der Waals surface area contributed by atoms with Gasteiger partial charge >= 0.3 is 5.97 Å². The van der Waals surface area contributed by atoms with E-state index in [9.17, 15) is 10.1 Å². The Morgan fingerprint density at radius 2 is 1.62 bits per heavy atom. The number of nitriles is 1. The lowest BCUT2D eigenvalue weighted by atomic mass is 9.74. The van der Waals surface area contributed by atoms with E-state index in [1.807, 2.05) is 67.5 Å². The SMILES string of the molecule is Cc1c(Cl)[nH]c(/C=c2\[nH]/c(=C(/C(=O)OC(C)(C)C)C3=N/C(=C/C4=NC(C)(C#N)C(C)(C)C4)C(C)(C)C3)c(C)c2C)c1C. The third kappa shape index (κ3) is 5.66. The zero-order valence-corrected chi connectivity index (χ0v) is 27.9.